The average molecular weight is 347 g/mol. The summed E-state index contributed by atoms with van der Waals surface area (Å²) in [4.78, 5) is 56.6. The first-order chi connectivity index (χ1) is 11.1. The molecule has 12 nitrogen and oxygen atoms in total. The van der Waals surface area contributed by atoms with E-state index in [1.165, 1.54) is 6.92 Å². The molecule has 9 N–H and O–H groups in total. The summed E-state index contributed by atoms with van der Waals surface area (Å²) in [6.07, 6.45) is -0.601. The topological polar surface area (TPSA) is 214 Å². The highest BCUT2D eigenvalue weighted by Crippen LogP contribution is 1.95. The summed E-state index contributed by atoms with van der Waals surface area (Å²) in [5, 5.41) is 23.9. The highest BCUT2D eigenvalue weighted by Gasteiger charge is 2.27. The third kappa shape index (κ3) is 8.05. The molecular formula is C12H21N5O7. The molecule has 0 aromatic rings. The second-order valence-electron chi connectivity index (χ2n) is 4.88. The van der Waals surface area contributed by atoms with Gasteiger partial charge >= 0.3 is 5.97 Å². The largest absolute Gasteiger partial charge is 0.480 e. The number of rotatable bonds is 10. The Morgan fingerprint density at radius 2 is 1.62 bits per heavy atom. The van der Waals surface area contributed by atoms with E-state index < -0.39 is 67.3 Å². The van der Waals surface area contributed by atoms with Gasteiger partial charge < -0.3 is 37.6 Å². The standard InChI is InChI=1S/C12H21N5O7/c1-5(13)10(21)15-3-9(20)16-6(2-8(14)19)11(22)17-7(4-18)12(23)24/h5-7,18H,2-4,13H2,1H3,(H2,14,19)(H,15,21)(H,16,20)(H,17,22)(H,23,24). The van der Waals surface area contributed by atoms with E-state index in [0.717, 1.165) is 0 Å². The van der Waals surface area contributed by atoms with Crippen LogP contribution in [0, 0.1) is 0 Å². The number of nitrogens with one attached hydrogen (secondary N) is 3. The van der Waals surface area contributed by atoms with Crippen LogP contribution in [0.25, 0.3) is 0 Å². The summed E-state index contributed by atoms with van der Waals surface area (Å²) in [6, 6.07) is -3.92. The number of amides is 4. The van der Waals surface area contributed by atoms with E-state index in [0.29, 0.717) is 0 Å². The van der Waals surface area contributed by atoms with Crippen molar-refractivity contribution < 1.29 is 34.2 Å². The molecule has 0 fully saturated rings. The Morgan fingerprint density at radius 3 is 2.04 bits per heavy atom. The number of aliphatic hydroxyl groups is 1. The zero-order valence-electron chi connectivity index (χ0n) is 12.9. The number of aliphatic carboxylic acids is 1. The molecule has 0 spiro atoms. The summed E-state index contributed by atoms with van der Waals surface area (Å²) in [5.41, 5.74) is 10.3. The highest BCUT2D eigenvalue weighted by atomic mass is 16.4. The monoisotopic (exact) mass is 347 g/mol. The summed E-state index contributed by atoms with van der Waals surface area (Å²) < 4.78 is 0. The Hall–Kier alpha value is -2.73. The van der Waals surface area contributed by atoms with Crippen molar-refractivity contribution in [1.82, 2.24) is 16.0 Å². The Morgan fingerprint density at radius 1 is 1.04 bits per heavy atom. The second-order valence-corrected chi connectivity index (χ2v) is 4.88. The van der Waals surface area contributed by atoms with Gasteiger partial charge in [-0.05, 0) is 6.92 Å². The maximum absolute atomic E-state index is 11.9. The molecule has 0 bridgehead atoms. The maximum atomic E-state index is 11.9. The van der Waals surface area contributed by atoms with E-state index in [1.54, 1.807) is 0 Å². The van der Waals surface area contributed by atoms with Gasteiger partial charge in [0.15, 0.2) is 0 Å². The Bertz CT molecular complexity index is 508. The summed E-state index contributed by atoms with van der Waals surface area (Å²) in [7, 11) is 0. The predicted octanol–water partition coefficient (Wildman–Crippen LogP) is -4.63. The molecule has 136 valence electrons. The summed E-state index contributed by atoms with van der Waals surface area (Å²) in [6.45, 7) is 0.00550. The lowest BCUT2D eigenvalue weighted by Gasteiger charge is -2.19. The van der Waals surface area contributed by atoms with E-state index >= 15 is 0 Å². The highest BCUT2D eigenvalue weighted by molar-refractivity contribution is 5.94. The van der Waals surface area contributed by atoms with Crippen molar-refractivity contribution in [3.05, 3.63) is 0 Å². The normalized spacial score (nSPS) is 14.0. The first kappa shape index (κ1) is 21.3. The second kappa shape index (κ2) is 10.1. The van der Waals surface area contributed by atoms with Gasteiger partial charge in [0.1, 0.15) is 12.1 Å². The van der Waals surface area contributed by atoms with Crippen LogP contribution < -0.4 is 27.4 Å². The fourth-order valence-corrected chi connectivity index (χ4v) is 1.44. The van der Waals surface area contributed by atoms with Crippen LogP contribution in [-0.2, 0) is 24.0 Å². The fraction of sp³-hybridized carbons (Fsp3) is 0.583. The molecule has 24 heavy (non-hydrogen) atoms. The first-order valence-corrected chi connectivity index (χ1v) is 6.83. The van der Waals surface area contributed by atoms with Crippen LogP contribution in [-0.4, -0.2) is 71.1 Å². The van der Waals surface area contributed by atoms with E-state index in [4.69, 9.17) is 21.7 Å². The van der Waals surface area contributed by atoms with Gasteiger partial charge in [-0.2, -0.15) is 0 Å². The summed E-state index contributed by atoms with van der Waals surface area (Å²) >= 11 is 0. The lowest BCUT2D eigenvalue weighted by molar-refractivity contribution is -0.143. The number of primary amides is 1. The number of carbonyl (C=O) groups is 5. The molecule has 4 amide bonds. The third-order valence-electron chi connectivity index (χ3n) is 2.69. The molecule has 0 heterocycles. The SMILES string of the molecule is CC(N)C(=O)NCC(=O)NC(CC(N)=O)C(=O)NC(CO)C(=O)O. The van der Waals surface area contributed by atoms with Gasteiger partial charge in [0.25, 0.3) is 0 Å². The van der Waals surface area contributed by atoms with Crippen LogP contribution in [0.5, 0.6) is 0 Å². The van der Waals surface area contributed by atoms with Crippen molar-refractivity contribution in [2.24, 2.45) is 11.5 Å². The van der Waals surface area contributed by atoms with Gasteiger partial charge in [-0.15, -0.1) is 0 Å². The number of aliphatic hydroxyl groups excluding tert-OH is 1. The van der Waals surface area contributed by atoms with Crippen LogP contribution in [0.15, 0.2) is 0 Å². The molecule has 0 aromatic heterocycles. The molecule has 12 heteroatoms. The molecule has 0 aliphatic rings. The maximum Gasteiger partial charge on any atom is 0.328 e. The minimum atomic E-state index is -1.61. The number of carbonyl (C=O) groups excluding carboxylic acids is 4. The van der Waals surface area contributed by atoms with Gasteiger partial charge in [0.05, 0.1) is 25.6 Å². The van der Waals surface area contributed by atoms with E-state index in [1.807, 2.05) is 5.32 Å². The zero-order chi connectivity index (χ0) is 18.9. The molecule has 3 atom stereocenters. The lowest BCUT2D eigenvalue weighted by atomic mass is 10.1. The average Bonchev–Trinajstić information content (AvgIpc) is 2.48. The lowest BCUT2D eigenvalue weighted by Crippen LogP contribution is -2.55. The van der Waals surface area contributed by atoms with Gasteiger partial charge in [0, 0.05) is 0 Å². The van der Waals surface area contributed by atoms with Gasteiger partial charge in [0.2, 0.25) is 23.6 Å². The van der Waals surface area contributed by atoms with Gasteiger partial charge in [-0.25, -0.2) is 4.79 Å². The van der Waals surface area contributed by atoms with Crippen molar-refractivity contribution in [3.63, 3.8) is 0 Å². The van der Waals surface area contributed by atoms with E-state index in [2.05, 4.69) is 10.6 Å². The molecule has 0 saturated heterocycles. The van der Waals surface area contributed by atoms with Crippen molar-refractivity contribution in [2.45, 2.75) is 31.5 Å². The number of hydrogen-bond donors (Lipinski definition) is 7. The number of nitrogens with two attached hydrogens (primary N) is 2. The van der Waals surface area contributed by atoms with Crippen LogP contribution in [0.2, 0.25) is 0 Å². The van der Waals surface area contributed by atoms with Crippen LogP contribution >= 0.6 is 0 Å². The third-order valence-corrected chi connectivity index (χ3v) is 2.69. The molecular weight excluding hydrogens is 326 g/mol. The van der Waals surface area contributed by atoms with Crippen molar-refractivity contribution in [3.8, 4) is 0 Å². The van der Waals surface area contributed by atoms with Gasteiger partial charge in [-0.1, -0.05) is 0 Å². The molecule has 0 radical (unpaired) electrons. The van der Waals surface area contributed by atoms with Crippen LogP contribution in [0.1, 0.15) is 13.3 Å². The Kier molecular flexibility index (Phi) is 8.97. The number of carboxylic acid groups (broad SMARTS) is 1. The Labute approximate surface area is 136 Å². The molecule has 0 rings (SSSR count). The summed E-state index contributed by atoms with van der Waals surface area (Å²) in [5.74, 6) is -4.87. The van der Waals surface area contributed by atoms with E-state index in [-0.39, 0.29) is 0 Å². The molecule has 3 unspecified atom stereocenters. The number of hydrogen-bond acceptors (Lipinski definition) is 7. The van der Waals surface area contributed by atoms with Gasteiger partial charge in [-0.3, -0.25) is 19.2 Å². The molecule has 0 saturated carbocycles. The minimum absolute atomic E-state index is 0.509. The molecule has 0 aromatic carbocycles. The molecule has 0 aliphatic carbocycles. The number of carboxylic acids is 1. The fourth-order valence-electron chi connectivity index (χ4n) is 1.44. The van der Waals surface area contributed by atoms with Crippen molar-refractivity contribution in [1.29, 1.82) is 0 Å². The smallest absolute Gasteiger partial charge is 0.328 e. The van der Waals surface area contributed by atoms with E-state index in [9.17, 15) is 24.0 Å². The quantitative estimate of drug-likeness (QED) is 0.203. The Balaban J connectivity index is 4.78. The first-order valence-electron chi connectivity index (χ1n) is 6.83. The zero-order valence-corrected chi connectivity index (χ0v) is 12.9. The molecule has 0 aliphatic heterocycles. The van der Waals surface area contributed by atoms with Crippen LogP contribution in [0.4, 0.5) is 0 Å². The minimum Gasteiger partial charge on any atom is -0.480 e. The van der Waals surface area contributed by atoms with Crippen molar-refractivity contribution in [2.75, 3.05) is 13.2 Å². The van der Waals surface area contributed by atoms with Crippen LogP contribution in [0.3, 0.4) is 0 Å². The van der Waals surface area contributed by atoms with Crippen molar-refractivity contribution >= 4 is 29.6 Å². The predicted molar refractivity (Wildman–Crippen MR) is 79.1 cm³/mol.